The number of amides is 2. The molecule has 0 bridgehead atoms. The lowest BCUT2D eigenvalue weighted by Gasteiger charge is -2.31. The third-order valence-corrected chi connectivity index (χ3v) is 5.94. The monoisotopic (exact) mass is 424 g/mol. The summed E-state index contributed by atoms with van der Waals surface area (Å²) < 4.78 is 9.45. The second-order valence-corrected chi connectivity index (χ2v) is 8.27. The van der Waals surface area contributed by atoms with Crippen molar-refractivity contribution in [2.75, 3.05) is 4.90 Å². The molecule has 0 unspecified atom stereocenters. The summed E-state index contributed by atoms with van der Waals surface area (Å²) >= 11 is 1.10. The Morgan fingerprint density at radius 3 is 2.67 bits per heavy atom. The number of benzene rings is 1. The van der Waals surface area contributed by atoms with Crippen LogP contribution in [0, 0.1) is 13.8 Å². The summed E-state index contributed by atoms with van der Waals surface area (Å²) in [5, 5.41) is 8.66. The Morgan fingerprint density at radius 1 is 1.23 bits per heavy atom. The zero-order valence-electron chi connectivity index (χ0n) is 17.0. The summed E-state index contributed by atoms with van der Waals surface area (Å²) in [4.78, 5) is 28.5. The van der Waals surface area contributed by atoms with Crippen LogP contribution in [-0.4, -0.2) is 27.4 Å². The maximum atomic E-state index is 13.5. The van der Waals surface area contributed by atoms with E-state index in [0.717, 1.165) is 48.3 Å². The van der Waals surface area contributed by atoms with Gasteiger partial charge >= 0.3 is 0 Å². The van der Waals surface area contributed by atoms with Crippen LogP contribution in [0.2, 0.25) is 0 Å². The van der Waals surface area contributed by atoms with E-state index in [9.17, 15) is 9.59 Å². The van der Waals surface area contributed by atoms with Crippen molar-refractivity contribution in [3.05, 3.63) is 64.6 Å². The molecule has 156 valence electrons. The summed E-state index contributed by atoms with van der Waals surface area (Å²) in [6.07, 6.45) is 5.61. The van der Waals surface area contributed by atoms with Gasteiger partial charge in [0.15, 0.2) is 11.7 Å². The molecule has 1 aliphatic rings. The lowest BCUT2D eigenvalue weighted by Crippen LogP contribution is -2.46. The average Bonchev–Trinajstić information content (AvgIpc) is 3.49. The maximum Gasteiger partial charge on any atom is 0.280 e. The number of nitrogens with one attached hydrogen (secondary N) is 1. The number of hydrogen-bond donors (Lipinski definition) is 1. The van der Waals surface area contributed by atoms with Crippen molar-refractivity contribution in [2.24, 2.45) is 0 Å². The smallest absolute Gasteiger partial charge is 0.280 e. The van der Waals surface area contributed by atoms with E-state index in [1.54, 1.807) is 17.5 Å². The summed E-state index contributed by atoms with van der Waals surface area (Å²) in [6, 6.07) is 8.39. The Kier molecular flexibility index (Phi) is 5.94. The second-order valence-electron chi connectivity index (χ2n) is 7.66. The van der Waals surface area contributed by atoms with E-state index in [4.69, 9.17) is 4.42 Å². The molecule has 2 aromatic heterocycles. The van der Waals surface area contributed by atoms with Crippen molar-refractivity contribution in [3.63, 3.8) is 0 Å². The first kappa shape index (κ1) is 20.3. The van der Waals surface area contributed by atoms with Gasteiger partial charge in [-0.15, -0.1) is 5.10 Å². The second kappa shape index (κ2) is 8.79. The van der Waals surface area contributed by atoms with Gasteiger partial charge in [0.05, 0.1) is 6.26 Å². The summed E-state index contributed by atoms with van der Waals surface area (Å²) in [5.74, 6) is -0.242. The topological polar surface area (TPSA) is 88.3 Å². The van der Waals surface area contributed by atoms with E-state index in [0.29, 0.717) is 11.4 Å². The highest BCUT2D eigenvalue weighted by atomic mass is 32.1. The summed E-state index contributed by atoms with van der Waals surface area (Å²) in [7, 11) is 0. The van der Waals surface area contributed by atoms with Crippen LogP contribution in [0.15, 0.2) is 46.4 Å². The molecule has 2 amide bonds. The fourth-order valence-electron chi connectivity index (χ4n) is 3.99. The Balaban J connectivity index is 1.80. The number of carbonyl (C=O) groups excluding carboxylic acids is 2. The molecular weight excluding hydrogens is 400 g/mol. The highest BCUT2D eigenvalue weighted by molar-refractivity contribution is 7.03. The van der Waals surface area contributed by atoms with Gasteiger partial charge in [0, 0.05) is 17.1 Å². The molecule has 1 saturated carbocycles. The quantitative estimate of drug-likeness (QED) is 0.641. The number of anilines is 1. The Hall–Kier alpha value is -3.00. The number of aromatic nitrogens is 2. The number of nitrogens with zero attached hydrogens (tertiary/aromatic N) is 3. The molecule has 0 radical (unpaired) electrons. The first-order valence-electron chi connectivity index (χ1n) is 10.1. The van der Waals surface area contributed by atoms with E-state index in [1.807, 2.05) is 32.0 Å². The van der Waals surface area contributed by atoms with Gasteiger partial charge in [-0.1, -0.05) is 35.0 Å². The SMILES string of the molecule is Cc1ccc(N(C(=O)c2csnn2)[C@H](C(=O)NC2CCCC2)c2ccco2)c(C)c1. The minimum Gasteiger partial charge on any atom is -0.467 e. The molecular formula is C22H24N4O3S. The third kappa shape index (κ3) is 4.14. The normalized spacial score (nSPS) is 15.1. The minimum atomic E-state index is -0.948. The lowest BCUT2D eigenvalue weighted by atomic mass is 10.0. The Labute approximate surface area is 179 Å². The summed E-state index contributed by atoms with van der Waals surface area (Å²) in [6.45, 7) is 3.92. The van der Waals surface area contributed by atoms with E-state index < -0.39 is 11.9 Å². The van der Waals surface area contributed by atoms with E-state index in [1.165, 1.54) is 11.2 Å². The molecule has 1 fully saturated rings. The minimum absolute atomic E-state index is 0.118. The van der Waals surface area contributed by atoms with Gasteiger partial charge in [-0.25, -0.2) is 0 Å². The van der Waals surface area contributed by atoms with Gasteiger partial charge in [-0.3, -0.25) is 14.5 Å². The van der Waals surface area contributed by atoms with Gasteiger partial charge in [0.1, 0.15) is 5.76 Å². The number of aryl methyl sites for hydroxylation is 2. The molecule has 0 spiro atoms. The highest BCUT2D eigenvalue weighted by Crippen LogP contribution is 2.33. The predicted molar refractivity (Wildman–Crippen MR) is 114 cm³/mol. The first-order chi connectivity index (χ1) is 14.5. The van der Waals surface area contributed by atoms with Gasteiger partial charge in [0.25, 0.3) is 11.8 Å². The van der Waals surface area contributed by atoms with Crippen LogP contribution in [0.1, 0.15) is 59.1 Å². The number of furan rings is 1. The van der Waals surface area contributed by atoms with Gasteiger partial charge in [-0.2, -0.15) is 0 Å². The van der Waals surface area contributed by atoms with Crippen molar-refractivity contribution >= 4 is 29.0 Å². The molecule has 1 atom stereocenters. The highest BCUT2D eigenvalue weighted by Gasteiger charge is 2.38. The zero-order chi connectivity index (χ0) is 21.1. The molecule has 4 rings (SSSR count). The molecule has 2 heterocycles. The zero-order valence-corrected chi connectivity index (χ0v) is 17.8. The molecule has 1 N–H and O–H groups in total. The maximum absolute atomic E-state index is 13.5. The van der Waals surface area contributed by atoms with E-state index in [2.05, 4.69) is 14.9 Å². The first-order valence-corrected chi connectivity index (χ1v) is 10.9. The van der Waals surface area contributed by atoms with Crippen LogP contribution in [0.5, 0.6) is 0 Å². The van der Waals surface area contributed by atoms with Crippen molar-refractivity contribution in [3.8, 4) is 0 Å². The molecule has 8 heteroatoms. The van der Waals surface area contributed by atoms with Crippen LogP contribution < -0.4 is 10.2 Å². The van der Waals surface area contributed by atoms with Crippen molar-refractivity contribution in [1.29, 1.82) is 0 Å². The van der Waals surface area contributed by atoms with E-state index in [-0.39, 0.29) is 17.6 Å². The molecule has 0 saturated heterocycles. The molecule has 3 aromatic rings. The standard InChI is InChI=1S/C22H24N4O3S/c1-14-9-10-18(15(2)12-14)26(22(28)17-13-30-25-24-17)20(19-8-5-11-29-19)21(27)23-16-6-3-4-7-16/h5,8-13,16,20H,3-4,6-7H2,1-2H3,(H,23,27)/t20-/m0/s1. The fourth-order valence-corrected chi connectivity index (χ4v) is 4.42. The van der Waals surface area contributed by atoms with Crippen LogP contribution >= 0.6 is 11.5 Å². The van der Waals surface area contributed by atoms with Crippen molar-refractivity contribution < 1.29 is 14.0 Å². The Morgan fingerprint density at radius 2 is 2.03 bits per heavy atom. The molecule has 1 aliphatic carbocycles. The van der Waals surface area contributed by atoms with Crippen molar-refractivity contribution in [1.82, 2.24) is 14.9 Å². The van der Waals surface area contributed by atoms with Crippen LogP contribution in [0.4, 0.5) is 5.69 Å². The summed E-state index contributed by atoms with van der Waals surface area (Å²) in [5.41, 5.74) is 2.80. The number of hydrogen-bond acceptors (Lipinski definition) is 6. The molecule has 7 nitrogen and oxygen atoms in total. The van der Waals surface area contributed by atoms with Gasteiger partial charge in [0.2, 0.25) is 0 Å². The average molecular weight is 425 g/mol. The predicted octanol–water partition coefficient (Wildman–Crippen LogP) is 4.19. The largest absolute Gasteiger partial charge is 0.467 e. The molecule has 0 aliphatic heterocycles. The lowest BCUT2D eigenvalue weighted by molar-refractivity contribution is -0.123. The van der Waals surface area contributed by atoms with Crippen LogP contribution in [0.3, 0.4) is 0 Å². The van der Waals surface area contributed by atoms with Gasteiger partial charge < -0.3 is 9.73 Å². The Bertz CT molecular complexity index is 1010. The third-order valence-electron chi connectivity index (χ3n) is 5.43. The van der Waals surface area contributed by atoms with Crippen LogP contribution in [-0.2, 0) is 4.79 Å². The fraction of sp³-hybridized carbons (Fsp3) is 0.364. The number of carbonyl (C=O) groups is 2. The van der Waals surface area contributed by atoms with E-state index >= 15 is 0 Å². The van der Waals surface area contributed by atoms with Crippen LogP contribution in [0.25, 0.3) is 0 Å². The number of rotatable bonds is 6. The molecule has 30 heavy (non-hydrogen) atoms. The van der Waals surface area contributed by atoms with Gasteiger partial charge in [-0.05, 0) is 62.0 Å². The van der Waals surface area contributed by atoms with Crippen molar-refractivity contribution in [2.45, 2.75) is 51.6 Å². The molecule has 1 aromatic carbocycles.